The van der Waals surface area contributed by atoms with Gasteiger partial charge in [0.2, 0.25) is 0 Å². The van der Waals surface area contributed by atoms with Gasteiger partial charge in [0, 0.05) is 11.5 Å². The van der Waals surface area contributed by atoms with Crippen molar-refractivity contribution in [2.24, 2.45) is 16.7 Å². The van der Waals surface area contributed by atoms with Gasteiger partial charge in [0.05, 0.1) is 0 Å². The Morgan fingerprint density at radius 3 is 1.94 bits per heavy atom. The largest absolute Gasteiger partial charge is 0.0936 e. The van der Waals surface area contributed by atoms with Crippen LogP contribution in [0.4, 0.5) is 0 Å². The first-order chi connectivity index (χ1) is 7.75. The predicted octanol–water partition coefficient (Wildman–Crippen LogP) is 6.27. The fourth-order valence-electron chi connectivity index (χ4n) is 1.46. The normalized spacial score (nSPS) is 15.0. The molecule has 0 aliphatic heterocycles. The summed E-state index contributed by atoms with van der Waals surface area (Å²) >= 11 is 0. The van der Waals surface area contributed by atoms with Crippen molar-refractivity contribution in [3.05, 3.63) is 0 Å². The van der Waals surface area contributed by atoms with Gasteiger partial charge in [0.1, 0.15) is 0 Å². The van der Waals surface area contributed by atoms with E-state index >= 15 is 0 Å². The minimum Gasteiger partial charge on any atom is -0.0936 e. The average molecular weight is 277 g/mol. The minimum absolute atomic E-state index is 0.476. The van der Waals surface area contributed by atoms with E-state index in [1.807, 2.05) is 0 Å². The van der Waals surface area contributed by atoms with Crippen LogP contribution in [0.25, 0.3) is 0 Å². The highest BCUT2D eigenvalue weighted by molar-refractivity contribution is 8.76. The third-order valence-electron chi connectivity index (χ3n) is 3.98. The van der Waals surface area contributed by atoms with Gasteiger partial charge in [-0.15, -0.1) is 0 Å². The molecule has 0 heterocycles. The van der Waals surface area contributed by atoms with Crippen molar-refractivity contribution in [1.29, 1.82) is 0 Å². The van der Waals surface area contributed by atoms with Gasteiger partial charge in [-0.3, -0.25) is 0 Å². The summed E-state index contributed by atoms with van der Waals surface area (Å²) in [4.78, 5) is 0. The summed E-state index contributed by atoms with van der Waals surface area (Å²) in [5.74, 6) is 3.38. The maximum absolute atomic E-state index is 2.42. The zero-order chi connectivity index (χ0) is 13.5. The van der Waals surface area contributed by atoms with Gasteiger partial charge in [-0.25, -0.2) is 0 Å². The van der Waals surface area contributed by atoms with Crippen LogP contribution in [0.5, 0.6) is 0 Å². The van der Waals surface area contributed by atoms with Crippen molar-refractivity contribution in [2.75, 3.05) is 11.5 Å². The molecule has 104 valence electrons. The maximum Gasteiger partial charge on any atom is 0.00908 e. The van der Waals surface area contributed by atoms with Crippen LogP contribution in [0.15, 0.2) is 0 Å². The van der Waals surface area contributed by atoms with E-state index in [1.54, 1.807) is 0 Å². The van der Waals surface area contributed by atoms with Crippen LogP contribution < -0.4 is 0 Å². The molecule has 17 heavy (non-hydrogen) atoms. The molecule has 0 saturated heterocycles. The van der Waals surface area contributed by atoms with Crippen molar-refractivity contribution in [3.8, 4) is 0 Å². The van der Waals surface area contributed by atoms with E-state index in [9.17, 15) is 0 Å². The lowest BCUT2D eigenvalue weighted by Gasteiger charge is -2.31. The molecular formula is C15H32S2. The summed E-state index contributed by atoms with van der Waals surface area (Å²) in [7, 11) is 4.14. The topological polar surface area (TPSA) is 0 Å². The molecule has 0 fully saturated rings. The first-order valence-corrected chi connectivity index (χ1v) is 9.48. The van der Waals surface area contributed by atoms with Crippen LogP contribution in [0.1, 0.15) is 67.7 Å². The van der Waals surface area contributed by atoms with Gasteiger partial charge in [0.25, 0.3) is 0 Å². The summed E-state index contributed by atoms with van der Waals surface area (Å²) < 4.78 is 0. The molecule has 0 saturated carbocycles. The lowest BCUT2D eigenvalue weighted by Crippen LogP contribution is -2.24. The van der Waals surface area contributed by atoms with Crippen molar-refractivity contribution < 1.29 is 0 Å². The Hall–Kier alpha value is 0.700. The lowest BCUT2D eigenvalue weighted by molar-refractivity contribution is 0.252. The van der Waals surface area contributed by atoms with Gasteiger partial charge < -0.3 is 0 Å². The molecule has 0 N–H and O–H groups in total. The molecule has 0 spiro atoms. The monoisotopic (exact) mass is 276 g/mol. The average Bonchev–Trinajstić information content (AvgIpc) is 2.25. The van der Waals surface area contributed by atoms with Crippen molar-refractivity contribution in [1.82, 2.24) is 0 Å². The second-order valence-corrected chi connectivity index (χ2v) is 9.18. The molecule has 1 unspecified atom stereocenters. The zero-order valence-corrected chi connectivity index (χ0v) is 14.6. The van der Waals surface area contributed by atoms with E-state index in [2.05, 4.69) is 70.1 Å². The van der Waals surface area contributed by atoms with Crippen molar-refractivity contribution in [2.45, 2.75) is 67.7 Å². The Labute approximate surface area is 117 Å². The molecule has 0 nitrogen and oxygen atoms in total. The van der Waals surface area contributed by atoms with Gasteiger partial charge in [-0.05, 0) is 16.7 Å². The molecule has 1 atom stereocenters. The Kier molecular flexibility index (Phi) is 8.32. The van der Waals surface area contributed by atoms with Crippen LogP contribution in [-0.2, 0) is 0 Å². The van der Waals surface area contributed by atoms with E-state index in [0.717, 1.165) is 5.92 Å². The molecule has 0 bridgehead atoms. The van der Waals surface area contributed by atoms with Gasteiger partial charge in [-0.1, -0.05) is 89.3 Å². The van der Waals surface area contributed by atoms with Crippen LogP contribution in [-0.4, -0.2) is 11.5 Å². The fraction of sp³-hybridized carbons (Fsp3) is 1.00. The van der Waals surface area contributed by atoms with E-state index in [4.69, 9.17) is 0 Å². The van der Waals surface area contributed by atoms with Crippen molar-refractivity contribution >= 4 is 21.6 Å². The fourth-order valence-corrected chi connectivity index (χ4v) is 5.11. The van der Waals surface area contributed by atoms with Crippen LogP contribution in [0.2, 0.25) is 0 Å². The quantitative estimate of drug-likeness (QED) is 0.360. The van der Waals surface area contributed by atoms with E-state index in [0.29, 0.717) is 10.8 Å². The van der Waals surface area contributed by atoms with Crippen LogP contribution in [0, 0.1) is 16.7 Å². The van der Waals surface area contributed by atoms with Crippen LogP contribution >= 0.6 is 21.6 Å². The Balaban J connectivity index is 3.87. The summed E-state index contributed by atoms with van der Waals surface area (Å²) in [6.07, 6.45) is 3.94. The zero-order valence-electron chi connectivity index (χ0n) is 12.9. The molecule has 0 rings (SSSR count). The molecule has 0 radical (unpaired) electrons. The highest BCUT2D eigenvalue weighted by Gasteiger charge is 2.25. The molecule has 0 aromatic heterocycles. The maximum atomic E-state index is 2.42. The number of rotatable bonds is 9. The molecule has 0 aromatic carbocycles. The molecule has 0 amide bonds. The first kappa shape index (κ1) is 17.7. The molecule has 0 aliphatic rings. The van der Waals surface area contributed by atoms with Gasteiger partial charge in [-0.2, -0.15) is 0 Å². The predicted molar refractivity (Wildman–Crippen MR) is 86.8 cm³/mol. The second-order valence-electron chi connectivity index (χ2n) is 6.72. The molecule has 0 aliphatic carbocycles. The summed E-state index contributed by atoms with van der Waals surface area (Å²) in [5, 5.41) is 0. The standard InChI is InChI=1S/C15H32S2/c1-8-10-13(3)15(6,7)12-17-16-11-14(4,5)9-2/h13H,8-12H2,1-7H3. The highest BCUT2D eigenvalue weighted by Crippen LogP contribution is 2.39. The lowest BCUT2D eigenvalue weighted by atomic mass is 9.79. The van der Waals surface area contributed by atoms with Gasteiger partial charge >= 0.3 is 0 Å². The number of hydrogen-bond donors (Lipinski definition) is 0. The summed E-state index contributed by atoms with van der Waals surface area (Å²) in [6.45, 7) is 16.6. The van der Waals surface area contributed by atoms with Crippen molar-refractivity contribution in [3.63, 3.8) is 0 Å². The third kappa shape index (κ3) is 7.66. The third-order valence-corrected chi connectivity index (χ3v) is 7.11. The smallest absolute Gasteiger partial charge is 0.00908 e. The Bertz CT molecular complexity index is 197. The van der Waals surface area contributed by atoms with E-state index in [-0.39, 0.29) is 0 Å². The summed E-state index contributed by atoms with van der Waals surface area (Å²) in [6, 6.07) is 0. The second kappa shape index (κ2) is 7.99. The molecular weight excluding hydrogens is 244 g/mol. The molecule has 0 aromatic rings. The van der Waals surface area contributed by atoms with E-state index < -0.39 is 0 Å². The minimum atomic E-state index is 0.476. The van der Waals surface area contributed by atoms with Gasteiger partial charge in [0.15, 0.2) is 0 Å². The first-order valence-electron chi connectivity index (χ1n) is 6.99. The highest BCUT2D eigenvalue weighted by atomic mass is 33.1. The Morgan fingerprint density at radius 2 is 1.47 bits per heavy atom. The number of hydrogen-bond acceptors (Lipinski definition) is 2. The SMILES string of the molecule is CCCC(C)C(C)(C)CSSCC(C)(C)CC. The Morgan fingerprint density at radius 1 is 0.941 bits per heavy atom. The van der Waals surface area contributed by atoms with E-state index in [1.165, 1.54) is 30.8 Å². The summed E-state index contributed by atoms with van der Waals surface area (Å²) in [5.41, 5.74) is 0.973. The molecule has 2 heteroatoms. The van der Waals surface area contributed by atoms with Crippen LogP contribution in [0.3, 0.4) is 0 Å².